The van der Waals surface area contributed by atoms with Crippen molar-refractivity contribution in [3.05, 3.63) is 53.1 Å². The molecule has 0 aliphatic carbocycles. The van der Waals surface area contributed by atoms with Gasteiger partial charge in [0.25, 0.3) is 10.0 Å². The van der Waals surface area contributed by atoms with Gasteiger partial charge in [-0.2, -0.15) is 13.2 Å². The van der Waals surface area contributed by atoms with Gasteiger partial charge >= 0.3 is 6.18 Å². The molecule has 1 saturated heterocycles. The van der Waals surface area contributed by atoms with Crippen molar-refractivity contribution in [2.75, 3.05) is 19.7 Å². The van der Waals surface area contributed by atoms with Gasteiger partial charge in [0.15, 0.2) is 0 Å². The van der Waals surface area contributed by atoms with Gasteiger partial charge in [0.05, 0.1) is 23.0 Å². The molecule has 2 atom stereocenters. The molecule has 0 saturated carbocycles. The van der Waals surface area contributed by atoms with E-state index in [1.54, 1.807) is 13.8 Å². The van der Waals surface area contributed by atoms with Crippen molar-refractivity contribution in [3.63, 3.8) is 0 Å². The lowest BCUT2D eigenvalue weighted by atomic mass is 9.86. The van der Waals surface area contributed by atoms with Crippen LogP contribution >= 0.6 is 24.0 Å². The molecule has 3 rings (SSSR count). The molecule has 0 amide bonds. The first-order valence-electron chi connectivity index (χ1n) is 11.0. The third kappa shape index (κ3) is 6.70. The van der Waals surface area contributed by atoms with Crippen molar-refractivity contribution >= 4 is 39.9 Å². The van der Waals surface area contributed by atoms with Crippen LogP contribution in [-0.2, 0) is 21.0 Å². The normalized spacial score (nSPS) is 18.8. The molecule has 1 heterocycles. The molecular weight excluding hydrogens is 540 g/mol. The molecule has 1 aliphatic rings. The third-order valence-corrected chi connectivity index (χ3v) is 8.26. The maximum atomic E-state index is 13.5. The highest BCUT2D eigenvalue weighted by Crippen LogP contribution is 2.38. The van der Waals surface area contributed by atoms with Crippen LogP contribution in [0.3, 0.4) is 0 Å². The molecule has 1 aliphatic heterocycles. The van der Waals surface area contributed by atoms with Crippen molar-refractivity contribution in [3.8, 4) is 11.1 Å². The number of piperidine rings is 1. The summed E-state index contributed by atoms with van der Waals surface area (Å²) < 4.78 is 67.5. The molecule has 0 aromatic heterocycles. The molecule has 2 aromatic rings. The Morgan fingerprint density at radius 1 is 1.28 bits per heavy atom. The maximum absolute atomic E-state index is 13.5. The number of hydroxylamine groups is 1. The van der Waals surface area contributed by atoms with Crippen molar-refractivity contribution in [2.24, 2.45) is 17.6 Å². The summed E-state index contributed by atoms with van der Waals surface area (Å²) in [6, 6.07) is 8.10. The average Bonchev–Trinajstić information content (AvgIpc) is 2.78. The molecule has 0 spiro atoms. The number of nitrogens with one attached hydrogen (secondary N) is 2. The van der Waals surface area contributed by atoms with E-state index in [1.165, 1.54) is 30.3 Å². The Bertz CT molecular complexity index is 1180. The van der Waals surface area contributed by atoms with Crippen LogP contribution in [0.1, 0.15) is 25.8 Å². The SMILES string of the molecule is CC(C)N(OCC1CCNCC1C(=N)N)S(=O)(=O)c1cccc(-c2cccc(C(F)(F)F)c2)c1Cl.Cl. The Kier molecular flexibility index (Phi) is 10.2. The van der Waals surface area contributed by atoms with E-state index in [0.717, 1.165) is 16.6 Å². The van der Waals surface area contributed by atoms with Crippen LogP contribution in [-0.4, -0.2) is 44.5 Å². The molecule has 0 bridgehead atoms. The van der Waals surface area contributed by atoms with Crippen LogP contribution < -0.4 is 11.1 Å². The smallest absolute Gasteiger partial charge is 0.387 e. The molecule has 13 heteroatoms. The van der Waals surface area contributed by atoms with Gasteiger partial charge in [0.2, 0.25) is 0 Å². The minimum Gasteiger partial charge on any atom is -0.387 e. The van der Waals surface area contributed by atoms with Gasteiger partial charge in [-0.05, 0) is 56.5 Å². The first-order valence-corrected chi connectivity index (χ1v) is 12.8. The van der Waals surface area contributed by atoms with E-state index in [4.69, 9.17) is 27.6 Å². The fraction of sp³-hybridized carbons (Fsp3) is 0.435. The van der Waals surface area contributed by atoms with Crippen LogP contribution in [0.2, 0.25) is 5.02 Å². The fourth-order valence-corrected chi connectivity index (χ4v) is 6.10. The van der Waals surface area contributed by atoms with Gasteiger partial charge in [-0.1, -0.05) is 40.3 Å². The summed E-state index contributed by atoms with van der Waals surface area (Å²) in [6.07, 6.45) is -3.90. The van der Waals surface area contributed by atoms with Crippen LogP contribution in [0, 0.1) is 17.2 Å². The second-order valence-corrected chi connectivity index (χ2v) is 10.8. The summed E-state index contributed by atoms with van der Waals surface area (Å²) in [6.45, 7) is 4.48. The highest BCUT2D eigenvalue weighted by molar-refractivity contribution is 7.89. The Morgan fingerprint density at radius 3 is 2.56 bits per heavy atom. The summed E-state index contributed by atoms with van der Waals surface area (Å²) in [7, 11) is -4.28. The molecule has 2 aromatic carbocycles. The van der Waals surface area contributed by atoms with Gasteiger partial charge in [-0.3, -0.25) is 10.2 Å². The van der Waals surface area contributed by atoms with E-state index >= 15 is 0 Å². The minimum atomic E-state index is -4.55. The number of sulfonamides is 1. The average molecular weight is 569 g/mol. The first kappa shape index (κ1) is 30.3. The predicted molar refractivity (Wildman–Crippen MR) is 136 cm³/mol. The lowest BCUT2D eigenvalue weighted by Crippen LogP contribution is -2.46. The number of nitrogens with zero attached hydrogens (tertiary/aromatic N) is 1. The van der Waals surface area contributed by atoms with E-state index in [2.05, 4.69) is 5.32 Å². The predicted octanol–water partition coefficient (Wildman–Crippen LogP) is 4.94. The van der Waals surface area contributed by atoms with E-state index in [1.807, 2.05) is 0 Å². The lowest BCUT2D eigenvalue weighted by Gasteiger charge is -2.33. The number of amidine groups is 1. The highest BCUT2D eigenvalue weighted by Gasteiger charge is 2.35. The lowest BCUT2D eigenvalue weighted by molar-refractivity contribution is -0.137. The van der Waals surface area contributed by atoms with Crippen molar-refractivity contribution in [1.82, 2.24) is 9.79 Å². The number of rotatable bonds is 8. The molecular formula is C23H29Cl2F3N4O3S. The number of benzene rings is 2. The first-order chi connectivity index (χ1) is 16.3. The van der Waals surface area contributed by atoms with Gasteiger partial charge in [0, 0.05) is 24.1 Å². The van der Waals surface area contributed by atoms with E-state index in [0.29, 0.717) is 19.5 Å². The topological polar surface area (TPSA) is 109 Å². The standard InChI is InChI=1S/C23H28ClF3N4O3S.ClH/c1-14(2)31(34-13-16-9-10-30-12-19(16)22(28)29)35(32,33)20-8-4-7-18(21(20)24)15-5-3-6-17(11-15)23(25,26)27;/h3-8,11,14,16,19,30H,9-10,12-13H2,1-2H3,(H3,28,29);1H. The quantitative estimate of drug-likeness (QED) is 0.237. The van der Waals surface area contributed by atoms with Crippen LogP contribution in [0.25, 0.3) is 11.1 Å². The molecule has 36 heavy (non-hydrogen) atoms. The molecule has 2 unspecified atom stereocenters. The Labute approximate surface area is 220 Å². The van der Waals surface area contributed by atoms with E-state index in [9.17, 15) is 21.6 Å². The van der Waals surface area contributed by atoms with Crippen LogP contribution in [0.5, 0.6) is 0 Å². The van der Waals surface area contributed by atoms with Crippen molar-refractivity contribution < 1.29 is 26.4 Å². The summed E-state index contributed by atoms with van der Waals surface area (Å²) in [5.41, 5.74) is 5.12. The molecule has 200 valence electrons. The van der Waals surface area contributed by atoms with Gasteiger partial charge < -0.3 is 11.1 Å². The maximum Gasteiger partial charge on any atom is 0.416 e. The number of hydrogen-bond donors (Lipinski definition) is 3. The summed E-state index contributed by atoms with van der Waals surface area (Å²) in [4.78, 5) is 5.48. The van der Waals surface area contributed by atoms with E-state index in [-0.39, 0.29) is 57.7 Å². The Balaban J connectivity index is 0.00000456. The van der Waals surface area contributed by atoms with Crippen LogP contribution in [0.15, 0.2) is 47.4 Å². The zero-order valence-electron chi connectivity index (χ0n) is 19.7. The van der Waals surface area contributed by atoms with Gasteiger partial charge in [-0.15, -0.1) is 12.4 Å². The molecule has 4 N–H and O–H groups in total. The van der Waals surface area contributed by atoms with Crippen molar-refractivity contribution in [1.29, 1.82) is 5.41 Å². The number of alkyl halides is 3. The number of halogens is 5. The fourth-order valence-electron chi connectivity index (χ4n) is 4.03. The van der Waals surface area contributed by atoms with Crippen molar-refractivity contribution in [2.45, 2.75) is 37.4 Å². The van der Waals surface area contributed by atoms with Crippen LogP contribution in [0.4, 0.5) is 13.2 Å². The molecule has 0 radical (unpaired) electrons. The largest absolute Gasteiger partial charge is 0.416 e. The van der Waals surface area contributed by atoms with Gasteiger partial charge in [0.1, 0.15) is 4.90 Å². The molecule has 1 fully saturated rings. The highest BCUT2D eigenvalue weighted by atomic mass is 35.5. The van der Waals surface area contributed by atoms with Gasteiger partial charge in [-0.25, -0.2) is 8.42 Å². The second-order valence-electron chi connectivity index (χ2n) is 8.66. The third-order valence-electron chi connectivity index (χ3n) is 5.84. The number of hydrogen-bond acceptors (Lipinski definition) is 5. The zero-order chi connectivity index (χ0) is 26.0. The Hall–Kier alpha value is -1.89. The minimum absolute atomic E-state index is 0. The Morgan fingerprint density at radius 2 is 1.94 bits per heavy atom. The van der Waals surface area contributed by atoms with E-state index < -0.39 is 27.8 Å². The monoisotopic (exact) mass is 568 g/mol. The zero-order valence-corrected chi connectivity index (χ0v) is 22.1. The number of nitrogens with two attached hydrogens (primary N) is 1. The summed E-state index contributed by atoms with van der Waals surface area (Å²) in [5, 5.41) is 10.8. The summed E-state index contributed by atoms with van der Waals surface area (Å²) >= 11 is 6.46. The summed E-state index contributed by atoms with van der Waals surface area (Å²) in [5.74, 6) is -0.438. The second kappa shape index (κ2) is 12.1. The molecule has 7 nitrogen and oxygen atoms in total.